The molecule has 0 bridgehead atoms. The molecule has 1 N–H and O–H groups in total. The van der Waals surface area contributed by atoms with Crippen LogP contribution in [0.3, 0.4) is 0 Å². The van der Waals surface area contributed by atoms with E-state index < -0.39 is 0 Å². The van der Waals surface area contributed by atoms with Crippen molar-refractivity contribution in [2.45, 2.75) is 33.2 Å². The molecule has 90 valence electrons. The molecule has 0 saturated carbocycles. The molecule has 3 heterocycles. The molecule has 1 aliphatic heterocycles. The molecule has 2 aromatic rings. The van der Waals surface area contributed by atoms with Crippen molar-refractivity contribution in [2.24, 2.45) is 5.92 Å². The second-order valence-electron chi connectivity index (χ2n) is 4.95. The number of nitrogens with zero attached hydrogens (tertiary/aromatic N) is 3. The number of nitrogens with one attached hydrogen (secondary N) is 1. The smallest absolute Gasteiger partial charge is 0.183 e. The largest absolute Gasteiger partial charge is 0.369 e. The second kappa shape index (κ2) is 3.72. The Hall–Kier alpha value is -1.58. The molecule has 1 aliphatic rings. The highest BCUT2D eigenvalue weighted by atomic mass is 15.4. The van der Waals surface area contributed by atoms with Crippen molar-refractivity contribution in [3.63, 3.8) is 0 Å². The van der Waals surface area contributed by atoms with Crippen LogP contribution in [0, 0.1) is 12.8 Å². The molecular weight excluding hydrogens is 212 g/mol. The van der Waals surface area contributed by atoms with Gasteiger partial charge in [0.15, 0.2) is 5.65 Å². The summed E-state index contributed by atoms with van der Waals surface area (Å²) in [6, 6.07) is 4.65. The molecule has 2 atom stereocenters. The molecular formula is C13H18N4. The molecule has 0 aliphatic carbocycles. The predicted octanol–water partition coefficient (Wildman–Crippen LogP) is 2.75. The highest BCUT2D eigenvalue weighted by Crippen LogP contribution is 2.34. The van der Waals surface area contributed by atoms with Crippen LogP contribution in [0.1, 0.15) is 32.0 Å². The summed E-state index contributed by atoms with van der Waals surface area (Å²) in [5.74, 6) is 1.75. The lowest BCUT2D eigenvalue weighted by Crippen LogP contribution is -2.30. The van der Waals surface area contributed by atoms with E-state index in [1.165, 1.54) is 0 Å². The zero-order valence-corrected chi connectivity index (χ0v) is 10.6. The van der Waals surface area contributed by atoms with Crippen LogP contribution in [0.25, 0.3) is 11.0 Å². The first kappa shape index (κ1) is 10.6. The summed E-state index contributed by atoms with van der Waals surface area (Å²) < 4.78 is 2.13. The molecule has 4 heteroatoms. The summed E-state index contributed by atoms with van der Waals surface area (Å²) in [6.07, 6.45) is 1.11. The van der Waals surface area contributed by atoms with Crippen molar-refractivity contribution in [3.8, 4) is 0 Å². The molecule has 0 aromatic carbocycles. The van der Waals surface area contributed by atoms with Gasteiger partial charge in [0.05, 0.1) is 11.4 Å². The normalized spacial score (nSPS) is 23.5. The van der Waals surface area contributed by atoms with E-state index in [4.69, 9.17) is 0 Å². The molecule has 4 nitrogen and oxygen atoms in total. The maximum Gasteiger partial charge on any atom is 0.183 e. The van der Waals surface area contributed by atoms with Gasteiger partial charge in [-0.3, -0.25) is 0 Å². The number of rotatable bonds is 1. The molecule has 0 saturated heterocycles. The van der Waals surface area contributed by atoms with Crippen LogP contribution >= 0.6 is 0 Å². The number of aromatic nitrogens is 3. The Balaban J connectivity index is 2.22. The number of hydrogen-bond acceptors (Lipinski definition) is 3. The lowest BCUT2D eigenvalue weighted by molar-refractivity contribution is 0.314. The van der Waals surface area contributed by atoms with Gasteiger partial charge in [-0.05, 0) is 31.4 Å². The average Bonchev–Trinajstić information content (AvgIpc) is 2.66. The lowest BCUT2D eigenvalue weighted by Gasteiger charge is -2.30. The Labute approximate surface area is 101 Å². The van der Waals surface area contributed by atoms with Crippen molar-refractivity contribution in [1.29, 1.82) is 0 Å². The molecule has 3 rings (SSSR count). The third-order valence-corrected chi connectivity index (χ3v) is 3.68. The fraction of sp³-hybridized carbons (Fsp3) is 0.538. The van der Waals surface area contributed by atoms with Crippen LogP contribution in [0.4, 0.5) is 5.82 Å². The van der Waals surface area contributed by atoms with Gasteiger partial charge in [0, 0.05) is 12.2 Å². The fourth-order valence-electron chi connectivity index (χ4n) is 2.71. The van der Waals surface area contributed by atoms with E-state index in [0.717, 1.165) is 35.5 Å². The van der Waals surface area contributed by atoms with Crippen molar-refractivity contribution in [1.82, 2.24) is 14.8 Å². The van der Waals surface area contributed by atoms with E-state index in [-0.39, 0.29) is 0 Å². The van der Waals surface area contributed by atoms with Crippen LogP contribution in [0.2, 0.25) is 0 Å². The first-order valence-electron chi connectivity index (χ1n) is 6.30. The van der Waals surface area contributed by atoms with E-state index in [9.17, 15) is 0 Å². The minimum atomic E-state index is 0.487. The van der Waals surface area contributed by atoms with Crippen molar-refractivity contribution < 1.29 is 0 Å². The van der Waals surface area contributed by atoms with Crippen LogP contribution < -0.4 is 5.32 Å². The van der Waals surface area contributed by atoms with Crippen LogP contribution in [0.15, 0.2) is 12.1 Å². The summed E-state index contributed by atoms with van der Waals surface area (Å²) >= 11 is 0. The van der Waals surface area contributed by atoms with E-state index in [0.29, 0.717) is 12.0 Å². The van der Waals surface area contributed by atoms with Crippen molar-refractivity contribution in [2.75, 3.05) is 11.9 Å². The zero-order valence-electron chi connectivity index (χ0n) is 10.6. The van der Waals surface area contributed by atoms with E-state index in [2.05, 4.69) is 40.0 Å². The van der Waals surface area contributed by atoms with Gasteiger partial charge in [0.1, 0.15) is 5.82 Å². The molecule has 0 radical (unpaired) electrons. The van der Waals surface area contributed by atoms with E-state index in [1.807, 2.05) is 13.0 Å². The summed E-state index contributed by atoms with van der Waals surface area (Å²) in [5, 5.41) is 9.28. The van der Waals surface area contributed by atoms with Gasteiger partial charge in [-0.25, -0.2) is 9.67 Å². The standard InChI is InChI=1S/C13H18N4/c1-4-11-8(2)7-14-13-10-6-5-9(3)15-12(10)16-17(11)13/h5-6,8,11,14H,4,7H2,1-3H3. The number of pyridine rings is 1. The number of anilines is 1. The molecule has 0 spiro atoms. The SMILES string of the molecule is CCC1C(C)CNc2c3ccc(C)nc3nn21. The fourth-order valence-corrected chi connectivity index (χ4v) is 2.71. The second-order valence-corrected chi connectivity index (χ2v) is 4.95. The third-order valence-electron chi connectivity index (χ3n) is 3.68. The zero-order chi connectivity index (χ0) is 12.0. The Morgan fingerprint density at radius 2 is 2.29 bits per heavy atom. The average molecular weight is 230 g/mol. The van der Waals surface area contributed by atoms with Gasteiger partial charge in [-0.1, -0.05) is 13.8 Å². The third kappa shape index (κ3) is 1.51. The molecule has 2 unspecified atom stereocenters. The van der Waals surface area contributed by atoms with Crippen LogP contribution in [-0.2, 0) is 0 Å². The Bertz CT molecular complexity index is 558. The Morgan fingerprint density at radius 3 is 3.06 bits per heavy atom. The molecule has 0 fully saturated rings. The maximum absolute atomic E-state index is 4.66. The highest BCUT2D eigenvalue weighted by Gasteiger charge is 2.27. The molecule has 0 amide bonds. The topological polar surface area (TPSA) is 42.7 Å². The molecule has 2 aromatic heterocycles. The molecule has 17 heavy (non-hydrogen) atoms. The number of aryl methyl sites for hydroxylation is 1. The minimum absolute atomic E-state index is 0.487. The summed E-state index contributed by atoms with van der Waals surface area (Å²) in [4.78, 5) is 4.50. The maximum atomic E-state index is 4.66. The summed E-state index contributed by atoms with van der Waals surface area (Å²) in [6.45, 7) is 7.52. The Kier molecular flexibility index (Phi) is 2.31. The van der Waals surface area contributed by atoms with Crippen LogP contribution in [-0.4, -0.2) is 21.3 Å². The van der Waals surface area contributed by atoms with Gasteiger partial charge in [-0.15, -0.1) is 0 Å². The van der Waals surface area contributed by atoms with Crippen molar-refractivity contribution in [3.05, 3.63) is 17.8 Å². The summed E-state index contributed by atoms with van der Waals surface area (Å²) in [5.41, 5.74) is 1.88. The minimum Gasteiger partial charge on any atom is -0.369 e. The van der Waals surface area contributed by atoms with Crippen LogP contribution in [0.5, 0.6) is 0 Å². The van der Waals surface area contributed by atoms with E-state index in [1.54, 1.807) is 0 Å². The van der Waals surface area contributed by atoms with E-state index >= 15 is 0 Å². The first-order valence-corrected chi connectivity index (χ1v) is 6.30. The highest BCUT2D eigenvalue weighted by molar-refractivity contribution is 5.88. The van der Waals surface area contributed by atoms with Gasteiger partial charge < -0.3 is 5.32 Å². The van der Waals surface area contributed by atoms with Gasteiger partial charge >= 0.3 is 0 Å². The van der Waals surface area contributed by atoms with Crippen molar-refractivity contribution >= 4 is 16.9 Å². The number of hydrogen-bond donors (Lipinski definition) is 1. The Morgan fingerprint density at radius 1 is 1.47 bits per heavy atom. The monoisotopic (exact) mass is 230 g/mol. The van der Waals surface area contributed by atoms with Gasteiger partial charge in [0.2, 0.25) is 0 Å². The van der Waals surface area contributed by atoms with Gasteiger partial charge in [0.25, 0.3) is 0 Å². The van der Waals surface area contributed by atoms with Gasteiger partial charge in [-0.2, -0.15) is 5.10 Å². The lowest BCUT2D eigenvalue weighted by atomic mass is 9.98. The first-order chi connectivity index (χ1) is 8.20. The number of fused-ring (bicyclic) bond motifs is 3. The summed E-state index contributed by atoms with van der Waals surface area (Å²) in [7, 11) is 0. The predicted molar refractivity (Wildman–Crippen MR) is 69.2 cm³/mol. The quantitative estimate of drug-likeness (QED) is 0.819.